The number of hydrogen-bond acceptors (Lipinski definition) is 1. The molecule has 0 spiro atoms. The van der Waals surface area contributed by atoms with E-state index in [0.717, 1.165) is 12.8 Å². The standard InChI is InChI=1S/C16H34O/c1-3-5-7-8-9-10-11-12-13-15-16(17)14-6-4-2/h16-17H,3-15H2,1-2H3/t16-/m1/s1. The van der Waals surface area contributed by atoms with Crippen molar-refractivity contribution in [1.29, 1.82) is 0 Å². The van der Waals surface area contributed by atoms with Gasteiger partial charge >= 0.3 is 0 Å². The normalized spacial score (nSPS) is 12.9. The Morgan fingerprint density at radius 1 is 0.588 bits per heavy atom. The zero-order valence-electron chi connectivity index (χ0n) is 12.2. The van der Waals surface area contributed by atoms with Crippen LogP contribution in [0.3, 0.4) is 0 Å². The molecule has 104 valence electrons. The summed E-state index contributed by atoms with van der Waals surface area (Å²) in [5.74, 6) is 0. The van der Waals surface area contributed by atoms with Crippen LogP contribution < -0.4 is 0 Å². The molecule has 0 aliphatic carbocycles. The Bertz CT molecular complexity index is 133. The lowest BCUT2D eigenvalue weighted by molar-refractivity contribution is 0.148. The fourth-order valence-electron chi connectivity index (χ4n) is 2.27. The van der Waals surface area contributed by atoms with E-state index in [9.17, 15) is 5.11 Å². The summed E-state index contributed by atoms with van der Waals surface area (Å²) in [5, 5.41) is 9.68. The predicted octanol–water partition coefficient (Wildman–Crippen LogP) is 5.46. The van der Waals surface area contributed by atoms with Gasteiger partial charge in [0.2, 0.25) is 0 Å². The van der Waals surface area contributed by atoms with Crippen molar-refractivity contribution in [2.45, 2.75) is 103 Å². The van der Waals surface area contributed by atoms with Crippen LogP contribution in [0.4, 0.5) is 0 Å². The number of hydrogen-bond donors (Lipinski definition) is 1. The minimum absolute atomic E-state index is 0.0282. The van der Waals surface area contributed by atoms with Gasteiger partial charge in [-0.15, -0.1) is 0 Å². The molecular formula is C16H34O. The molecule has 0 heterocycles. The summed E-state index contributed by atoms with van der Waals surface area (Å²) >= 11 is 0. The highest BCUT2D eigenvalue weighted by Crippen LogP contribution is 2.13. The molecule has 1 heteroatoms. The number of rotatable bonds is 13. The third-order valence-electron chi connectivity index (χ3n) is 3.53. The summed E-state index contributed by atoms with van der Waals surface area (Å²) in [6.45, 7) is 4.45. The molecule has 0 saturated heterocycles. The first-order valence-corrected chi connectivity index (χ1v) is 7.99. The van der Waals surface area contributed by atoms with Crippen molar-refractivity contribution in [2.24, 2.45) is 0 Å². The predicted molar refractivity (Wildman–Crippen MR) is 77.4 cm³/mol. The van der Waals surface area contributed by atoms with Gasteiger partial charge in [0.25, 0.3) is 0 Å². The highest BCUT2D eigenvalue weighted by atomic mass is 16.3. The van der Waals surface area contributed by atoms with Gasteiger partial charge in [-0.25, -0.2) is 0 Å². The second-order valence-electron chi connectivity index (χ2n) is 5.41. The first kappa shape index (κ1) is 17.0. The second kappa shape index (κ2) is 14.0. The van der Waals surface area contributed by atoms with Gasteiger partial charge in [-0.05, 0) is 12.8 Å². The van der Waals surface area contributed by atoms with E-state index in [1.807, 2.05) is 0 Å². The van der Waals surface area contributed by atoms with E-state index >= 15 is 0 Å². The monoisotopic (exact) mass is 242 g/mol. The van der Waals surface area contributed by atoms with E-state index in [1.54, 1.807) is 0 Å². The van der Waals surface area contributed by atoms with Crippen LogP contribution in [0.15, 0.2) is 0 Å². The summed E-state index contributed by atoms with van der Waals surface area (Å²) in [6, 6.07) is 0. The summed E-state index contributed by atoms with van der Waals surface area (Å²) in [6.07, 6.45) is 16.7. The van der Waals surface area contributed by atoms with Crippen molar-refractivity contribution in [2.75, 3.05) is 0 Å². The highest BCUT2D eigenvalue weighted by Gasteiger charge is 2.02. The maximum absolute atomic E-state index is 9.68. The van der Waals surface area contributed by atoms with Gasteiger partial charge in [0.1, 0.15) is 0 Å². The lowest BCUT2D eigenvalue weighted by Crippen LogP contribution is -2.05. The zero-order chi connectivity index (χ0) is 12.8. The summed E-state index contributed by atoms with van der Waals surface area (Å²) in [4.78, 5) is 0. The van der Waals surface area contributed by atoms with Crippen LogP contribution in [0, 0.1) is 0 Å². The number of aliphatic hydroxyl groups is 1. The van der Waals surface area contributed by atoms with Gasteiger partial charge in [0.15, 0.2) is 0 Å². The number of aliphatic hydroxyl groups excluding tert-OH is 1. The van der Waals surface area contributed by atoms with Crippen LogP contribution in [0.1, 0.15) is 97.3 Å². The summed E-state index contributed by atoms with van der Waals surface area (Å²) < 4.78 is 0. The first-order valence-electron chi connectivity index (χ1n) is 7.99. The quantitative estimate of drug-likeness (QED) is 0.425. The lowest BCUT2D eigenvalue weighted by atomic mass is 10.0. The van der Waals surface area contributed by atoms with Crippen LogP contribution in [0.2, 0.25) is 0 Å². The zero-order valence-corrected chi connectivity index (χ0v) is 12.2. The highest BCUT2D eigenvalue weighted by molar-refractivity contribution is 4.56. The van der Waals surface area contributed by atoms with Gasteiger partial charge in [-0.3, -0.25) is 0 Å². The lowest BCUT2D eigenvalue weighted by Gasteiger charge is -2.09. The van der Waals surface area contributed by atoms with Crippen LogP contribution in [0.5, 0.6) is 0 Å². The molecule has 0 rings (SSSR count). The third-order valence-corrected chi connectivity index (χ3v) is 3.53. The topological polar surface area (TPSA) is 20.2 Å². The molecule has 0 unspecified atom stereocenters. The average molecular weight is 242 g/mol. The Balaban J connectivity index is 3.02. The van der Waals surface area contributed by atoms with Crippen molar-refractivity contribution < 1.29 is 5.11 Å². The molecule has 1 atom stereocenters. The van der Waals surface area contributed by atoms with Crippen LogP contribution in [-0.4, -0.2) is 11.2 Å². The Labute approximate surface area is 109 Å². The van der Waals surface area contributed by atoms with Crippen molar-refractivity contribution >= 4 is 0 Å². The molecule has 0 aromatic rings. The summed E-state index contributed by atoms with van der Waals surface area (Å²) in [7, 11) is 0. The molecule has 0 bridgehead atoms. The molecule has 1 N–H and O–H groups in total. The minimum Gasteiger partial charge on any atom is -0.393 e. The van der Waals surface area contributed by atoms with Gasteiger partial charge in [0, 0.05) is 0 Å². The Kier molecular flexibility index (Phi) is 14.0. The molecule has 0 saturated carbocycles. The largest absolute Gasteiger partial charge is 0.393 e. The maximum atomic E-state index is 9.68. The van der Waals surface area contributed by atoms with Crippen LogP contribution >= 0.6 is 0 Å². The molecule has 0 aliphatic rings. The number of unbranched alkanes of at least 4 members (excludes halogenated alkanes) is 9. The second-order valence-corrected chi connectivity index (χ2v) is 5.41. The molecule has 17 heavy (non-hydrogen) atoms. The average Bonchev–Trinajstić information content (AvgIpc) is 2.34. The van der Waals surface area contributed by atoms with Gasteiger partial charge < -0.3 is 5.11 Å². The Morgan fingerprint density at radius 3 is 1.53 bits per heavy atom. The minimum atomic E-state index is -0.0282. The third kappa shape index (κ3) is 13.9. The molecule has 0 aromatic carbocycles. The molecule has 0 aliphatic heterocycles. The van der Waals surface area contributed by atoms with Crippen molar-refractivity contribution in [3.05, 3.63) is 0 Å². The van der Waals surface area contributed by atoms with E-state index in [0.29, 0.717) is 0 Å². The first-order chi connectivity index (χ1) is 8.31. The molecule has 0 amide bonds. The van der Waals surface area contributed by atoms with E-state index in [1.165, 1.54) is 70.6 Å². The van der Waals surface area contributed by atoms with Gasteiger partial charge in [-0.1, -0.05) is 84.5 Å². The Morgan fingerprint density at radius 2 is 1.00 bits per heavy atom. The fraction of sp³-hybridized carbons (Fsp3) is 1.00. The van der Waals surface area contributed by atoms with Crippen molar-refractivity contribution in [3.8, 4) is 0 Å². The van der Waals surface area contributed by atoms with Crippen molar-refractivity contribution in [3.63, 3.8) is 0 Å². The van der Waals surface area contributed by atoms with Gasteiger partial charge in [-0.2, -0.15) is 0 Å². The SMILES string of the molecule is CCCCCCCCCCC[C@H](O)CCCC. The van der Waals surface area contributed by atoms with E-state index in [4.69, 9.17) is 0 Å². The molecule has 0 aromatic heterocycles. The van der Waals surface area contributed by atoms with E-state index in [2.05, 4.69) is 13.8 Å². The van der Waals surface area contributed by atoms with Crippen molar-refractivity contribution in [1.82, 2.24) is 0 Å². The molecule has 0 fully saturated rings. The smallest absolute Gasteiger partial charge is 0.0540 e. The van der Waals surface area contributed by atoms with E-state index < -0.39 is 0 Å². The molecular weight excluding hydrogens is 208 g/mol. The van der Waals surface area contributed by atoms with E-state index in [-0.39, 0.29) is 6.10 Å². The maximum Gasteiger partial charge on any atom is 0.0540 e. The van der Waals surface area contributed by atoms with Gasteiger partial charge in [0.05, 0.1) is 6.10 Å². The fourth-order valence-corrected chi connectivity index (χ4v) is 2.27. The summed E-state index contributed by atoms with van der Waals surface area (Å²) in [5.41, 5.74) is 0. The molecule has 0 radical (unpaired) electrons. The van der Waals surface area contributed by atoms with Crippen LogP contribution in [0.25, 0.3) is 0 Å². The molecule has 1 nitrogen and oxygen atoms in total. The Hall–Kier alpha value is -0.0400. The van der Waals surface area contributed by atoms with Crippen LogP contribution in [-0.2, 0) is 0 Å².